The van der Waals surface area contributed by atoms with Crippen molar-refractivity contribution in [2.45, 2.75) is 19.9 Å². The molecule has 1 heterocycles. The van der Waals surface area contributed by atoms with Gasteiger partial charge in [-0.15, -0.1) is 0 Å². The highest BCUT2D eigenvalue weighted by Gasteiger charge is 2.20. The van der Waals surface area contributed by atoms with E-state index >= 15 is 0 Å². The van der Waals surface area contributed by atoms with Gasteiger partial charge in [-0.1, -0.05) is 18.2 Å². The predicted octanol–water partition coefficient (Wildman–Crippen LogP) is 5.17. The van der Waals surface area contributed by atoms with E-state index in [0.717, 1.165) is 5.56 Å². The van der Waals surface area contributed by atoms with Crippen LogP contribution in [0.15, 0.2) is 66.9 Å². The number of methoxy groups -OCH3 is 1. The van der Waals surface area contributed by atoms with Crippen LogP contribution in [0, 0.1) is 0 Å². The average molecular weight is 424 g/mol. The fraction of sp³-hybridized carbons (Fsp3) is 0.250. The van der Waals surface area contributed by atoms with E-state index in [1.54, 1.807) is 48.5 Å². The Morgan fingerprint density at radius 3 is 2.58 bits per heavy atom. The van der Waals surface area contributed by atoms with Crippen molar-refractivity contribution < 1.29 is 23.4 Å². The molecule has 0 N–H and O–H groups in total. The number of hydrogen-bond acceptors (Lipinski definition) is 5. The average Bonchev–Trinajstić information content (AvgIpc) is 2.79. The van der Waals surface area contributed by atoms with E-state index in [9.17, 15) is 9.18 Å². The van der Waals surface area contributed by atoms with Gasteiger partial charge in [-0.2, -0.15) is 0 Å². The lowest BCUT2D eigenvalue weighted by molar-refractivity contribution is -0.116. The first-order chi connectivity index (χ1) is 15.1. The lowest BCUT2D eigenvalue weighted by atomic mass is 10.1. The molecule has 0 bridgehead atoms. The summed E-state index contributed by atoms with van der Waals surface area (Å²) in [5, 5.41) is 0. The van der Waals surface area contributed by atoms with Crippen LogP contribution in [0.1, 0.15) is 18.9 Å². The summed E-state index contributed by atoms with van der Waals surface area (Å²) in [5.41, 5.74) is 1.25. The number of nitrogens with zero attached hydrogens (tertiary/aromatic N) is 2. The minimum Gasteiger partial charge on any atom is -0.497 e. The number of anilines is 1. The standard InChI is InChI=1S/C24H25FN2O4/c1-18(28)27(17-19-16-21(29-2)11-12-23(19)30-15-7-13-25)22-10-6-14-26-24(22)31-20-8-4-3-5-9-20/h3-6,8-12,14,16H,7,13,15,17H2,1-2H3. The van der Waals surface area contributed by atoms with Crippen molar-refractivity contribution in [3.63, 3.8) is 0 Å². The number of rotatable bonds is 10. The monoisotopic (exact) mass is 424 g/mol. The summed E-state index contributed by atoms with van der Waals surface area (Å²) in [7, 11) is 1.57. The number of aromatic nitrogens is 1. The van der Waals surface area contributed by atoms with Crippen molar-refractivity contribution in [3.8, 4) is 23.1 Å². The van der Waals surface area contributed by atoms with Gasteiger partial charge < -0.3 is 19.1 Å². The Hall–Kier alpha value is -3.61. The molecule has 1 amide bonds. The Bertz CT molecular complexity index is 998. The number of ether oxygens (including phenoxy) is 3. The zero-order valence-corrected chi connectivity index (χ0v) is 17.6. The first-order valence-corrected chi connectivity index (χ1v) is 9.94. The number of carbonyl (C=O) groups excluding carboxylic acids is 1. The van der Waals surface area contributed by atoms with Gasteiger partial charge in [0.15, 0.2) is 0 Å². The summed E-state index contributed by atoms with van der Waals surface area (Å²) in [6.45, 7) is 1.46. The largest absolute Gasteiger partial charge is 0.497 e. The van der Waals surface area contributed by atoms with E-state index in [1.165, 1.54) is 6.92 Å². The van der Waals surface area contributed by atoms with E-state index in [0.29, 0.717) is 35.2 Å². The summed E-state index contributed by atoms with van der Waals surface area (Å²) >= 11 is 0. The number of carbonyl (C=O) groups is 1. The molecule has 0 atom stereocenters. The SMILES string of the molecule is COc1ccc(OCCCF)c(CN(C(C)=O)c2cccnc2Oc2ccccc2)c1. The molecule has 0 aliphatic heterocycles. The third kappa shape index (κ3) is 5.94. The summed E-state index contributed by atoms with van der Waals surface area (Å²) in [6.07, 6.45) is 1.90. The van der Waals surface area contributed by atoms with Crippen LogP contribution in [-0.4, -0.2) is 31.3 Å². The lowest BCUT2D eigenvalue weighted by Gasteiger charge is -2.24. The molecule has 7 heteroatoms. The van der Waals surface area contributed by atoms with E-state index < -0.39 is 6.67 Å². The molecule has 0 aliphatic carbocycles. The van der Waals surface area contributed by atoms with Crippen molar-refractivity contribution in [2.24, 2.45) is 0 Å². The zero-order valence-electron chi connectivity index (χ0n) is 17.6. The molecule has 1 aromatic heterocycles. The number of para-hydroxylation sites is 1. The van der Waals surface area contributed by atoms with E-state index in [2.05, 4.69) is 4.98 Å². The van der Waals surface area contributed by atoms with E-state index in [4.69, 9.17) is 14.2 Å². The van der Waals surface area contributed by atoms with Gasteiger partial charge >= 0.3 is 0 Å². The highest BCUT2D eigenvalue weighted by atomic mass is 19.1. The number of pyridine rings is 1. The van der Waals surface area contributed by atoms with Crippen molar-refractivity contribution in [1.29, 1.82) is 0 Å². The quantitative estimate of drug-likeness (QED) is 0.420. The Morgan fingerprint density at radius 2 is 1.87 bits per heavy atom. The topological polar surface area (TPSA) is 60.9 Å². The van der Waals surface area contributed by atoms with Crippen LogP contribution in [0.4, 0.5) is 10.1 Å². The maximum atomic E-state index is 12.6. The summed E-state index contributed by atoms with van der Waals surface area (Å²) < 4.78 is 29.5. The minimum absolute atomic E-state index is 0.191. The fourth-order valence-electron chi connectivity index (χ4n) is 2.99. The maximum absolute atomic E-state index is 12.6. The van der Waals surface area contributed by atoms with Gasteiger partial charge in [0, 0.05) is 25.1 Å². The highest BCUT2D eigenvalue weighted by molar-refractivity contribution is 5.92. The van der Waals surface area contributed by atoms with Gasteiger partial charge in [-0.25, -0.2) is 4.98 Å². The molecule has 0 saturated heterocycles. The molecule has 2 aromatic carbocycles. The molecular formula is C24H25FN2O4. The second-order valence-corrected chi connectivity index (χ2v) is 6.71. The predicted molar refractivity (Wildman–Crippen MR) is 117 cm³/mol. The van der Waals surface area contributed by atoms with Crippen molar-refractivity contribution in [3.05, 3.63) is 72.4 Å². The number of benzene rings is 2. The number of amides is 1. The van der Waals surface area contributed by atoms with Crippen molar-refractivity contribution >= 4 is 11.6 Å². The van der Waals surface area contributed by atoms with Crippen LogP contribution in [0.5, 0.6) is 23.1 Å². The van der Waals surface area contributed by atoms with Crippen LogP contribution in [0.3, 0.4) is 0 Å². The van der Waals surface area contributed by atoms with Crippen LogP contribution >= 0.6 is 0 Å². The number of alkyl halides is 1. The summed E-state index contributed by atoms with van der Waals surface area (Å²) in [6, 6.07) is 18.1. The third-order valence-electron chi connectivity index (χ3n) is 4.51. The van der Waals surface area contributed by atoms with Gasteiger partial charge in [0.1, 0.15) is 22.9 Å². The molecule has 0 fully saturated rings. The Balaban J connectivity index is 1.93. The number of halogens is 1. The Kier molecular flexibility index (Phi) is 7.81. The van der Waals surface area contributed by atoms with Crippen molar-refractivity contribution in [1.82, 2.24) is 4.98 Å². The molecule has 0 saturated carbocycles. The van der Waals surface area contributed by atoms with Crippen LogP contribution in [-0.2, 0) is 11.3 Å². The molecule has 0 unspecified atom stereocenters. The summed E-state index contributed by atoms with van der Waals surface area (Å²) in [5.74, 6) is 1.93. The second kappa shape index (κ2) is 11.0. The van der Waals surface area contributed by atoms with Gasteiger partial charge in [0.25, 0.3) is 0 Å². The molecule has 162 valence electrons. The first-order valence-electron chi connectivity index (χ1n) is 9.94. The van der Waals surface area contributed by atoms with Gasteiger partial charge in [-0.3, -0.25) is 9.18 Å². The normalized spacial score (nSPS) is 10.4. The maximum Gasteiger partial charge on any atom is 0.243 e. The molecule has 0 aliphatic rings. The first kappa shape index (κ1) is 22.1. The number of hydrogen-bond donors (Lipinski definition) is 0. The van der Waals surface area contributed by atoms with Crippen LogP contribution in [0.2, 0.25) is 0 Å². The molecule has 3 aromatic rings. The zero-order chi connectivity index (χ0) is 22.1. The van der Waals surface area contributed by atoms with E-state index in [-0.39, 0.29) is 19.1 Å². The Labute approximate surface area is 181 Å². The third-order valence-corrected chi connectivity index (χ3v) is 4.51. The van der Waals surface area contributed by atoms with Crippen molar-refractivity contribution in [2.75, 3.05) is 25.3 Å². The van der Waals surface area contributed by atoms with Gasteiger partial charge in [0.05, 0.1) is 26.9 Å². The Morgan fingerprint density at radius 1 is 1.06 bits per heavy atom. The molecular weight excluding hydrogens is 399 g/mol. The molecule has 31 heavy (non-hydrogen) atoms. The van der Waals surface area contributed by atoms with E-state index in [1.807, 2.05) is 30.3 Å². The smallest absolute Gasteiger partial charge is 0.243 e. The van der Waals surface area contributed by atoms with Gasteiger partial charge in [0.2, 0.25) is 11.8 Å². The fourth-order valence-corrected chi connectivity index (χ4v) is 2.99. The van der Waals surface area contributed by atoms with Gasteiger partial charge in [-0.05, 0) is 42.5 Å². The lowest BCUT2D eigenvalue weighted by Crippen LogP contribution is -2.28. The van der Waals surface area contributed by atoms with Crippen LogP contribution in [0.25, 0.3) is 0 Å². The molecule has 3 rings (SSSR count). The highest BCUT2D eigenvalue weighted by Crippen LogP contribution is 2.33. The minimum atomic E-state index is -0.457. The second-order valence-electron chi connectivity index (χ2n) is 6.71. The summed E-state index contributed by atoms with van der Waals surface area (Å²) in [4.78, 5) is 18.5. The molecule has 0 spiro atoms. The molecule has 6 nitrogen and oxygen atoms in total. The molecule has 0 radical (unpaired) electrons. The van der Waals surface area contributed by atoms with Crippen LogP contribution < -0.4 is 19.1 Å².